The molecule has 0 saturated heterocycles. The molecule has 0 saturated carbocycles. The van der Waals surface area contributed by atoms with Crippen molar-refractivity contribution in [3.8, 4) is 0 Å². The van der Waals surface area contributed by atoms with Crippen molar-refractivity contribution in [3.05, 3.63) is 0 Å². The van der Waals surface area contributed by atoms with E-state index in [9.17, 15) is 4.79 Å². The Morgan fingerprint density at radius 3 is 2.36 bits per heavy atom. The molecule has 0 aromatic rings. The van der Waals surface area contributed by atoms with E-state index in [0.29, 0.717) is 19.5 Å². The average Bonchev–Trinajstić information content (AvgIpc) is 1.79. The van der Waals surface area contributed by atoms with Gasteiger partial charge in [0, 0.05) is 19.5 Å². The van der Waals surface area contributed by atoms with Crippen molar-refractivity contribution < 1.29 is 4.79 Å². The molecular formula is C8H18N2O. The highest BCUT2D eigenvalue weighted by Crippen LogP contribution is 2.17. The summed E-state index contributed by atoms with van der Waals surface area (Å²) < 4.78 is 0. The second kappa shape index (κ2) is 4.34. The minimum atomic E-state index is 0.0681. The molecule has 0 rings (SSSR count). The van der Waals surface area contributed by atoms with Crippen LogP contribution in [-0.2, 0) is 4.79 Å². The van der Waals surface area contributed by atoms with Crippen LogP contribution in [0.2, 0.25) is 0 Å². The number of carbonyl (C=O) groups excluding carboxylic acids is 1. The van der Waals surface area contributed by atoms with Gasteiger partial charge in [0.05, 0.1) is 0 Å². The highest BCUT2D eigenvalue weighted by molar-refractivity contribution is 5.76. The van der Waals surface area contributed by atoms with E-state index in [4.69, 9.17) is 5.73 Å². The lowest BCUT2D eigenvalue weighted by molar-refractivity contribution is -0.122. The summed E-state index contributed by atoms with van der Waals surface area (Å²) in [6, 6.07) is 0. The maximum Gasteiger partial charge on any atom is 0.220 e. The summed E-state index contributed by atoms with van der Waals surface area (Å²) in [6.07, 6.45) is 0.562. The molecule has 0 unspecified atom stereocenters. The summed E-state index contributed by atoms with van der Waals surface area (Å²) in [5, 5.41) is 2.72. The third-order valence-corrected chi connectivity index (χ3v) is 1.16. The minimum absolute atomic E-state index is 0.0681. The first-order valence-corrected chi connectivity index (χ1v) is 3.92. The highest BCUT2D eigenvalue weighted by atomic mass is 16.1. The van der Waals surface area contributed by atoms with Gasteiger partial charge in [0.1, 0.15) is 0 Å². The molecule has 0 aromatic carbocycles. The molecular weight excluding hydrogens is 140 g/mol. The molecule has 0 aliphatic rings. The Labute approximate surface area is 68.3 Å². The quantitative estimate of drug-likeness (QED) is 0.628. The summed E-state index contributed by atoms with van der Waals surface area (Å²) in [6.45, 7) is 7.20. The molecule has 0 radical (unpaired) electrons. The molecule has 1 amide bonds. The van der Waals surface area contributed by atoms with Gasteiger partial charge in [-0.15, -0.1) is 0 Å². The molecule has 3 heteroatoms. The van der Waals surface area contributed by atoms with Gasteiger partial charge in [0.15, 0.2) is 0 Å². The van der Waals surface area contributed by atoms with Gasteiger partial charge in [-0.1, -0.05) is 20.8 Å². The highest BCUT2D eigenvalue weighted by Gasteiger charge is 2.14. The molecule has 11 heavy (non-hydrogen) atoms. The molecule has 0 spiro atoms. The van der Waals surface area contributed by atoms with Crippen LogP contribution in [0.5, 0.6) is 0 Å². The van der Waals surface area contributed by atoms with Crippen LogP contribution in [0.1, 0.15) is 27.2 Å². The van der Waals surface area contributed by atoms with Gasteiger partial charge in [-0.25, -0.2) is 0 Å². The largest absolute Gasteiger partial charge is 0.355 e. The SMILES string of the molecule is CC(C)(C)CC(=O)NCCN. The standard InChI is InChI=1S/C8H18N2O/c1-8(2,3)6-7(11)10-5-4-9/h4-6,9H2,1-3H3,(H,10,11). The molecule has 0 fully saturated rings. The van der Waals surface area contributed by atoms with E-state index in [1.54, 1.807) is 0 Å². The minimum Gasteiger partial charge on any atom is -0.355 e. The van der Waals surface area contributed by atoms with Crippen LogP contribution in [0.4, 0.5) is 0 Å². The van der Waals surface area contributed by atoms with Gasteiger partial charge in [0.2, 0.25) is 5.91 Å². The summed E-state index contributed by atoms with van der Waals surface area (Å²) in [5.41, 5.74) is 5.29. The molecule has 3 nitrogen and oxygen atoms in total. The van der Waals surface area contributed by atoms with Crippen LogP contribution in [0.25, 0.3) is 0 Å². The summed E-state index contributed by atoms with van der Waals surface area (Å²) in [5.74, 6) is 0.0861. The van der Waals surface area contributed by atoms with Crippen molar-refractivity contribution in [2.45, 2.75) is 27.2 Å². The summed E-state index contributed by atoms with van der Waals surface area (Å²) >= 11 is 0. The Morgan fingerprint density at radius 1 is 1.45 bits per heavy atom. The van der Waals surface area contributed by atoms with E-state index in [0.717, 1.165) is 0 Å². The number of rotatable bonds is 3. The summed E-state index contributed by atoms with van der Waals surface area (Å²) in [7, 11) is 0. The van der Waals surface area contributed by atoms with E-state index < -0.39 is 0 Å². The van der Waals surface area contributed by atoms with Gasteiger partial charge in [-0.05, 0) is 5.41 Å². The van der Waals surface area contributed by atoms with E-state index in [1.165, 1.54) is 0 Å². The fraction of sp³-hybridized carbons (Fsp3) is 0.875. The first kappa shape index (κ1) is 10.4. The van der Waals surface area contributed by atoms with Crippen molar-refractivity contribution in [2.24, 2.45) is 11.1 Å². The van der Waals surface area contributed by atoms with Crippen LogP contribution in [-0.4, -0.2) is 19.0 Å². The molecule has 0 aliphatic heterocycles. The predicted octanol–water partition coefficient (Wildman–Crippen LogP) is 0.497. The van der Waals surface area contributed by atoms with E-state index in [2.05, 4.69) is 5.32 Å². The van der Waals surface area contributed by atoms with Crippen LogP contribution in [0.3, 0.4) is 0 Å². The van der Waals surface area contributed by atoms with Crippen molar-refractivity contribution in [1.29, 1.82) is 0 Å². The van der Waals surface area contributed by atoms with Crippen molar-refractivity contribution >= 4 is 5.91 Å². The van der Waals surface area contributed by atoms with Crippen LogP contribution >= 0.6 is 0 Å². The maximum absolute atomic E-state index is 11.1. The predicted molar refractivity (Wildman–Crippen MR) is 46.1 cm³/mol. The van der Waals surface area contributed by atoms with E-state index in [1.807, 2.05) is 20.8 Å². The van der Waals surface area contributed by atoms with E-state index >= 15 is 0 Å². The second-order valence-corrected chi connectivity index (χ2v) is 3.88. The Morgan fingerprint density at radius 2 is 2.00 bits per heavy atom. The molecule has 66 valence electrons. The fourth-order valence-corrected chi connectivity index (χ4v) is 0.756. The van der Waals surface area contributed by atoms with Crippen molar-refractivity contribution in [1.82, 2.24) is 5.32 Å². The fourth-order valence-electron chi connectivity index (χ4n) is 0.756. The Bertz CT molecular complexity index is 127. The van der Waals surface area contributed by atoms with Gasteiger partial charge in [-0.3, -0.25) is 4.79 Å². The first-order valence-electron chi connectivity index (χ1n) is 3.92. The smallest absolute Gasteiger partial charge is 0.220 e. The third kappa shape index (κ3) is 7.33. The molecule has 0 aromatic heterocycles. The maximum atomic E-state index is 11.1. The van der Waals surface area contributed by atoms with Gasteiger partial charge in [0.25, 0.3) is 0 Å². The normalized spacial score (nSPS) is 11.3. The summed E-state index contributed by atoms with van der Waals surface area (Å²) in [4.78, 5) is 11.1. The van der Waals surface area contributed by atoms with Gasteiger partial charge in [-0.2, -0.15) is 0 Å². The number of hydrogen-bond donors (Lipinski definition) is 2. The number of carbonyl (C=O) groups is 1. The zero-order chi connectivity index (χ0) is 8.91. The van der Waals surface area contributed by atoms with Crippen molar-refractivity contribution in [2.75, 3.05) is 13.1 Å². The first-order chi connectivity index (χ1) is 4.95. The third-order valence-electron chi connectivity index (χ3n) is 1.16. The second-order valence-electron chi connectivity index (χ2n) is 3.88. The number of hydrogen-bond acceptors (Lipinski definition) is 2. The molecule has 0 bridgehead atoms. The van der Waals surface area contributed by atoms with Gasteiger partial charge >= 0.3 is 0 Å². The molecule has 0 aliphatic carbocycles. The van der Waals surface area contributed by atoms with Crippen molar-refractivity contribution in [3.63, 3.8) is 0 Å². The Hall–Kier alpha value is -0.570. The molecule has 0 atom stereocenters. The van der Waals surface area contributed by atoms with Gasteiger partial charge < -0.3 is 11.1 Å². The molecule has 0 heterocycles. The van der Waals surface area contributed by atoms with Crippen LogP contribution in [0.15, 0.2) is 0 Å². The zero-order valence-electron chi connectivity index (χ0n) is 7.61. The number of amides is 1. The topological polar surface area (TPSA) is 55.1 Å². The number of nitrogens with two attached hydrogens (primary N) is 1. The lowest BCUT2D eigenvalue weighted by atomic mass is 9.92. The monoisotopic (exact) mass is 158 g/mol. The zero-order valence-corrected chi connectivity index (χ0v) is 7.61. The van der Waals surface area contributed by atoms with Crippen LogP contribution in [0, 0.1) is 5.41 Å². The lowest BCUT2D eigenvalue weighted by Gasteiger charge is -2.16. The Kier molecular flexibility index (Phi) is 4.11. The van der Waals surface area contributed by atoms with Crippen LogP contribution < -0.4 is 11.1 Å². The average molecular weight is 158 g/mol. The van der Waals surface area contributed by atoms with E-state index in [-0.39, 0.29) is 11.3 Å². The number of nitrogens with one attached hydrogen (secondary N) is 1. The molecule has 3 N–H and O–H groups in total. The lowest BCUT2D eigenvalue weighted by Crippen LogP contribution is -2.31. The Balaban J connectivity index is 3.53.